The third-order valence-electron chi connectivity index (χ3n) is 4.57. The number of guanidine groups is 1. The number of aromatic nitrogens is 2. The predicted octanol–water partition coefficient (Wildman–Crippen LogP) is 3.84. The molecular formula is C21H29N5S. The number of aliphatic imine (C=N–C) groups is 1. The quantitative estimate of drug-likeness (QED) is 0.409. The molecule has 1 aromatic carbocycles. The van der Waals surface area contributed by atoms with E-state index in [0.29, 0.717) is 0 Å². The fourth-order valence-corrected chi connectivity index (χ4v) is 4.19. The fourth-order valence-electron chi connectivity index (χ4n) is 3.18. The summed E-state index contributed by atoms with van der Waals surface area (Å²) in [6, 6.07) is 8.43. The monoisotopic (exact) mass is 383 g/mol. The number of aryl methyl sites for hydroxylation is 2. The van der Waals surface area contributed by atoms with E-state index in [0.717, 1.165) is 44.9 Å². The number of H-pyrrole nitrogens is 1. The van der Waals surface area contributed by atoms with Crippen molar-refractivity contribution in [3.05, 3.63) is 51.6 Å². The van der Waals surface area contributed by atoms with Gasteiger partial charge in [-0.15, -0.1) is 11.3 Å². The summed E-state index contributed by atoms with van der Waals surface area (Å²) in [4.78, 5) is 14.1. The summed E-state index contributed by atoms with van der Waals surface area (Å²) in [5.74, 6) is 0.876. The molecule has 0 radical (unpaired) electrons. The normalized spacial score (nSPS) is 11.9. The van der Waals surface area contributed by atoms with Crippen molar-refractivity contribution < 1.29 is 0 Å². The van der Waals surface area contributed by atoms with Crippen LogP contribution in [0.3, 0.4) is 0 Å². The third kappa shape index (κ3) is 5.10. The molecule has 5 nitrogen and oxygen atoms in total. The zero-order valence-corrected chi connectivity index (χ0v) is 17.2. The first kappa shape index (κ1) is 19.4. The lowest BCUT2D eigenvalue weighted by Crippen LogP contribution is -2.38. The Bertz CT molecular complexity index is 893. The van der Waals surface area contributed by atoms with E-state index >= 15 is 0 Å². The van der Waals surface area contributed by atoms with E-state index in [1.54, 1.807) is 11.3 Å². The Hall–Kier alpha value is -2.34. The van der Waals surface area contributed by atoms with Gasteiger partial charge in [0.1, 0.15) is 0 Å². The lowest BCUT2D eigenvalue weighted by atomic mass is 10.1. The summed E-state index contributed by atoms with van der Waals surface area (Å²) in [6.45, 7) is 8.86. The molecule has 3 aromatic rings. The van der Waals surface area contributed by atoms with Crippen molar-refractivity contribution in [1.29, 1.82) is 0 Å². The van der Waals surface area contributed by atoms with Crippen LogP contribution in [0.4, 0.5) is 0 Å². The van der Waals surface area contributed by atoms with Gasteiger partial charge in [0.25, 0.3) is 0 Å². The van der Waals surface area contributed by atoms with Gasteiger partial charge in [-0.3, -0.25) is 4.99 Å². The molecule has 0 spiro atoms. The highest BCUT2D eigenvalue weighted by molar-refractivity contribution is 7.11. The Morgan fingerprint density at radius 1 is 1.19 bits per heavy atom. The van der Waals surface area contributed by atoms with Gasteiger partial charge in [-0.25, -0.2) is 4.98 Å². The second-order valence-corrected chi connectivity index (χ2v) is 7.80. The summed E-state index contributed by atoms with van der Waals surface area (Å²) >= 11 is 1.80. The molecule has 3 rings (SSSR count). The fraction of sp³-hybridized carbons (Fsp3) is 0.429. The molecule has 0 bridgehead atoms. The number of para-hydroxylation sites is 1. The maximum Gasteiger partial charge on any atom is 0.191 e. The third-order valence-corrected chi connectivity index (χ3v) is 5.65. The van der Waals surface area contributed by atoms with Gasteiger partial charge in [-0.2, -0.15) is 0 Å². The SMILES string of the molecule is CCNC(=NCCc1nc(CC)c(C)s1)NCCc1c[nH]c2ccccc12. The van der Waals surface area contributed by atoms with Crippen molar-refractivity contribution in [2.24, 2.45) is 4.99 Å². The Kier molecular flexibility index (Phi) is 6.87. The number of hydrogen-bond acceptors (Lipinski definition) is 3. The maximum absolute atomic E-state index is 4.71. The number of fused-ring (bicyclic) bond motifs is 1. The largest absolute Gasteiger partial charge is 0.361 e. The molecule has 0 fully saturated rings. The van der Waals surface area contributed by atoms with Gasteiger partial charge >= 0.3 is 0 Å². The van der Waals surface area contributed by atoms with Gasteiger partial charge in [-0.05, 0) is 38.3 Å². The predicted molar refractivity (Wildman–Crippen MR) is 116 cm³/mol. The van der Waals surface area contributed by atoms with Crippen molar-refractivity contribution in [1.82, 2.24) is 20.6 Å². The molecule has 0 saturated carbocycles. The molecule has 0 aliphatic carbocycles. The van der Waals surface area contributed by atoms with E-state index < -0.39 is 0 Å². The van der Waals surface area contributed by atoms with E-state index in [-0.39, 0.29) is 0 Å². The van der Waals surface area contributed by atoms with E-state index in [2.05, 4.69) is 66.9 Å². The van der Waals surface area contributed by atoms with Gasteiger partial charge in [0.2, 0.25) is 0 Å². The average molecular weight is 384 g/mol. The lowest BCUT2D eigenvalue weighted by molar-refractivity contribution is 0.797. The molecular weight excluding hydrogens is 354 g/mol. The van der Waals surface area contributed by atoms with Crippen LogP contribution in [0.2, 0.25) is 0 Å². The van der Waals surface area contributed by atoms with Crippen LogP contribution in [0, 0.1) is 6.92 Å². The van der Waals surface area contributed by atoms with Crippen molar-refractivity contribution in [3.8, 4) is 0 Å². The van der Waals surface area contributed by atoms with Crippen LogP contribution >= 0.6 is 11.3 Å². The smallest absolute Gasteiger partial charge is 0.191 e. The zero-order valence-electron chi connectivity index (χ0n) is 16.4. The van der Waals surface area contributed by atoms with Gasteiger partial charge < -0.3 is 15.6 Å². The highest BCUT2D eigenvalue weighted by Gasteiger charge is 2.06. The van der Waals surface area contributed by atoms with Crippen molar-refractivity contribution in [2.45, 2.75) is 40.0 Å². The number of nitrogens with one attached hydrogen (secondary N) is 3. The summed E-state index contributed by atoms with van der Waals surface area (Å²) in [6.07, 6.45) is 4.96. The number of nitrogens with zero attached hydrogens (tertiary/aromatic N) is 2. The van der Waals surface area contributed by atoms with Crippen molar-refractivity contribution in [2.75, 3.05) is 19.6 Å². The minimum absolute atomic E-state index is 0.749. The molecule has 0 amide bonds. The van der Waals surface area contributed by atoms with Gasteiger partial charge in [0.15, 0.2) is 5.96 Å². The van der Waals surface area contributed by atoms with Crippen LogP contribution in [-0.2, 0) is 19.3 Å². The molecule has 0 saturated heterocycles. The minimum atomic E-state index is 0.749. The van der Waals surface area contributed by atoms with E-state index in [4.69, 9.17) is 9.98 Å². The summed E-state index contributed by atoms with van der Waals surface area (Å²) in [5.41, 5.74) is 3.75. The summed E-state index contributed by atoms with van der Waals surface area (Å²) < 4.78 is 0. The molecule has 0 atom stereocenters. The van der Waals surface area contributed by atoms with Crippen LogP contribution in [0.15, 0.2) is 35.5 Å². The first-order chi connectivity index (χ1) is 13.2. The van der Waals surface area contributed by atoms with Crippen LogP contribution in [-0.4, -0.2) is 35.6 Å². The Labute approximate surface area is 165 Å². The lowest BCUT2D eigenvalue weighted by Gasteiger charge is -2.10. The number of aromatic amines is 1. The number of hydrogen-bond donors (Lipinski definition) is 3. The summed E-state index contributed by atoms with van der Waals surface area (Å²) in [5, 5.41) is 9.25. The van der Waals surface area contributed by atoms with Gasteiger partial charge in [0, 0.05) is 48.0 Å². The van der Waals surface area contributed by atoms with E-state index in [9.17, 15) is 0 Å². The Balaban J connectivity index is 1.52. The number of thiazole rings is 1. The second kappa shape index (κ2) is 9.55. The Morgan fingerprint density at radius 3 is 2.81 bits per heavy atom. The van der Waals surface area contributed by atoms with Crippen molar-refractivity contribution >= 4 is 28.2 Å². The second-order valence-electron chi connectivity index (χ2n) is 6.51. The summed E-state index contributed by atoms with van der Waals surface area (Å²) in [7, 11) is 0. The minimum Gasteiger partial charge on any atom is -0.361 e. The molecule has 2 heterocycles. The molecule has 144 valence electrons. The van der Waals surface area contributed by atoms with E-state index in [1.165, 1.54) is 32.0 Å². The Morgan fingerprint density at radius 2 is 2.04 bits per heavy atom. The molecule has 0 aliphatic rings. The van der Waals surface area contributed by atoms with Gasteiger partial charge in [-0.1, -0.05) is 25.1 Å². The van der Waals surface area contributed by atoms with Crippen LogP contribution in [0.5, 0.6) is 0 Å². The molecule has 27 heavy (non-hydrogen) atoms. The van der Waals surface area contributed by atoms with Gasteiger partial charge in [0.05, 0.1) is 10.7 Å². The van der Waals surface area contributed by atoms with Crippen LogP contribution in [0.25, 0.3) is 10.9 Å². The van der Waals surface area contributed by atoms with Crippen molar-refractivity contribution in [3.63, 3.8) is 0 Å². The highest BCUT2D eigenvalue weighted by Crippen LogP contribution is 2.19. The first-order valence-corrected chi connectivity index (χ1v) is 10.5. The topological polar surface area (TPSA) is 65.1 Å². The molecule has 0 unspecified atom stereocenters. The highest BCUT2D eigenvalue weighted by atomic mass is 32.1. The standard InChI is InChI=1S/C21H29N5S/c1-4-18-15(3)27-20(26-18)11-13-24-21(22-5-2)23-12-10-16-14-25-19-9-7-6-8-17(16)19/h6-9,14,25H,4-5,10-13H2,1-3H3,(H2,22,23,24). The molecule has 0 aliphatic heterocycles. The average Bonchev–Trinajstić information content (AvgIpc) is 3.25. The maximum atomic E-state index is 4.71. The van der Waals surface area contributed by atoms with E-state index in [1.807, 2.05) is 0 Å². The van der Waals surface area contributed by atoms with Crippen LogP contribution < -0.4 is 10.6 Å². The zero-order chi connectivity index (χ0) is 19.1. The number of rotatable bonds is 8. The number of benzene rings is 1. The molecule has 2 aromatic heterocycles. The first-order valence-electron chi connectivity index (χ1n) is 9.73. The molecule has 6 heteroatoms. The molecule has 3 N–H and O–H groups in total. The van der Waals surface area contributed by atoms with Crippen LogP contribution in [0.1, 0.15) is 35.0 Å².